The molecule has 0 saturated heterocycles. The van der Waals surface area contributed by atoms with Crippen LogP contribution in [0.1, 0.15) is 13.8 Å². The average Bonchev–Trinajstić information content (AvgIpc) is 2.21. The van der Waals surface area contributed by atoms with Gasteiger partial charge in [-0.2, -0.15) is 0 Å². The van der Waals surface area contributed by atoms with Gasteiger partial charge in [-0.25, -0.2) is 4.79 Å². The third-order valence-corrected chi connectivity index (χ3v) is 1.49. The van der Waals surface area contributed by atoms with E-state index in [9.17, 15) is 14.4 Å². The van der Waals surface area contributed by atoms with Crippen molar-refractivity contribution in [3.8, 4) is 0 Å². The average molecular weight is 216 g/mol. The lowest BCUT2D eigenvalue weighted by Crippen LogP contribution is -2.41. The number of ether oxygens (including phenoxy) is 1. The summed E-state index contributed by atoms with van der Waals surface area (Å²) in [7, 11) is 1.10. The van der Waals surface area contributed by atoms with E-state index in [2.05, 4.69) is 15.4 Å². The number of hydrogen-bond acceptors (Lipinski definition) is 4. The van der Waals surface area contributed by atoms with Gasteiger partial charge in [0.2, 0.25) is 5.91 Å². The lowest BCUT2D eigenvalue weighted by Gasteiger charge is -2.07. The Morgan fingerprint density at radius 1 is 1.20 bits per heavy atom. The third kappa shape index (κ3) is 6.48. The van der Waals surface area contributed by atoms with Gasteiger partial charge in [-0.1, -0.05) is 13.8 Å². The minimum absolute atomic E-state index is 0.222. The summed E-state index contributed by atoms with van der Waals surface area (Å²) in [6.07, 6.45) is 0. The van der Waals surface area contributed by atoms with Gasteiger partial charge in [-0.05, 0) is 5.92 Å². The van der Waals surface area contributed by atoms with Gasteiger partial charge in [-0.3, -0.25) is 9.59 Å². The molecule has 0 bridgehead atoms. The number of methoxy groups -OCH3 is 1. The molecule has 0 saturated carbocycles. The van der Waals surface area contributed by atoms with Gasteiger partial charge in [0.25, 0.3) is 0 Å². The van der Waals surface area contributed by atoms with Crippen LogP contribution in [0.2, 0.25) is 0 Å². The van der Waals surface area contributed by atoms with Crippen LogP contribution >= 0.6 is 0 Å². The van der Waals surface area contributed by atoms with Crippen molar-refractivity contribution in [1.29, 1.82) is 0 Å². The zero-order valence-electron chi connectivity index (χ0n) is 9.12. The molecule has 15 heavy (non-hydrogen) atoms. The van der Waals surface area contributed by atoms with Crippen LogP contribution in [-0.2, 0) is 19.1 Å². The fourth-order valence-corrected chi connectivity index (χ4v) is 0.706. The Balaban J connectivity index is 3.71. The van der Waals surface area contributed by atoms with Gasteiger partial charge in [0.1, 0.15) is 0 Å². The molecule has 0 spiro atoms. The molecule has 0 aliphatic carbocycles. The third-order valence-electron chi connectivity index (χ3n) is 1.49. The number of carbonyl (C=O) groups excluding carboxylic acids is 3. The second-order valence-electron chi connectivity index (χ2n) is 3.37. The molecule has 0 aliphatic rings. The van der Waals surface area contributed by atoms with Crippen molar-refractivity contribution in [2.24, 2.45) is 5.92 Å². The van der Waals surface area contributed by atoms with Gasteiger partial charge in [0, 0.05) is 6.54 Å². The first kappa shape index (κ1) is 13.4. The van der Waals surface area contributed by atoms with Crippen molar-refractivity contribution in [2.75, 3.05) is 20.2 Å². The molecular formula is C9H16N2O4. The molecule has 0 rings (SSSR count). The van der Waals surface area contributed by atoms with Crippen LogP contribution in [-0.4, -0.2) is 38.0 Å². The van der Waals surface area contributed by atoms with E-state index in [4.69, 9.17) is 0 Å². The number of esters is 1. The molecule has 0 heterocycles. The maximum atomic E-state index is 11.1. The van der Waals surface area contributed by atoms with E-state index in [0.717, 1.165) is 7.11 Å². The van der Waals surface area contributed by atoms with Crippen LogP contribution in [0.3, 0.4) is 0 Å². The monoisotopic (exact) mass is 216 g/mol. The summed E-state index contributed by atoms with van der Waals surface area (Å²) in [6, 6.07) is 0. The smallest absolute Gasteiger partial charge is 0.396 e. The van der Waals surface area contributed by atoms with E-state index >= 15 is 0 Å². The highest BCUT2D eigenvalue weighted by atomic mass is 16.5. The molecule has 0 fully saturated rings. The summed E-state index contributed by atoms with van der Waals surface area (Å²) < 4.78 is 4.16. The second-order valence-corrected chi connectivity index (χ2v) is 3.37. The summed E-state index contributed by atoms with van der Waals surface area (Å²) in [4.78, 5) is 32.6. The molecule has 0 aromatic heterocycles. The molecule has 0 aliphatic heterocycles. The van der Waals surface area contributed by atoms with Gasteiger partial charge in [0.15, 0.2) is 0 Å². The van der Waals surface area contributed by atoms with Crippen molar-refractivity contribution in [2.45, 2.75) is 13.8 Å². The summed E-state index contributed by atoms with van der Waals surface area (Å²) in [6.45, 7) is 4.22. The largest absolute Gasteiger partial charge is 0.462 e. The quantitative estimate of drug-likeness (QED) is 0.468. The van der Waals surface area contributed by atoms with Gasteiger partial charge in [-0.15, -0.1) is 0 Å². The van der Waals surface area contributed by atoms with Gasteiger partial charge in [0.05, 0.1) is 13.7 Å². The Labute approximate surface area is 88.4 Å². The van der Waals surface area contributed by atoms with Crippen molar-refractivity contribution in [3.63, 3.8) is 0 Å². The van der Waals surface area contributed by atoms with Crippen molar-refractivity contribution < 1.29 is 19.1 Å². The van der Waals surface area contributed by atoms with E-state index in [0.29, 0.717) is 12.5 Å². The number of carbonyl (C=O) groups is 3. The minimum atomic E-state index is -1.01. The van der Waals surface area contributed by atoms with Crippen LogP contribution in [0.4, 0.5) is 0 Å². The van der Waals surface area contributed by atoms with E-state index in [1.165, 1.54) is 0 Å². The highest BCUT2D eigenvalue weighted by molar-refractivity contribution is 6.32. The summed E-state index contributed by atoms with van der Waals surface area (Å²) >= 11 is 0. The first-order chi connectivity index (χ1) is 6.97. The lowest BCUT2D eigenvalue weighted by molar-refractivity contribution is -0.152. The normalized spacial score (nSPS) is 9.60. The summed E-state index contributed by atoms with van der Waals surface area (Å²) in [5.74, 6) is -1.92. The summed E-state index contributed by atoms with van der Waals surface area (Å²) in [5, 5.41) is 4.72. The van der Waals surface area contributed by atoms with E-state index in [1.54, 1.807) is 0 Å². The lowest BCUT2D eigenvalue weighted by atomic mass is 10.2. The van der Waals surface area contributed by atoms with E-state index in [-0.39, 0.29) is 12.5 Å². The fraction of sp³-hybridized carbons (Fsp3) is 0.667. The van der Waals surface area contributed by atoms with Crippen molar-refractivity contribution in [3.05, 3.63) is 0 Å². The van der Waals surface area contributed by atoms with Crippen molar-refractivity contribution >= 4 is 17.8 Å². The zero-order valence-corrected chi connectivity index (χ0v) is 9.12. The fourth-order valence-electron chi connectivity index (χ4n) is 0.706. The van der Waals surface area contributed by atoms with Crippen LogP contribution < -0.4 is 10.6 Å². The molecule has 0 atom stereocenters. The number of amides is 2. The molecular weight excluding hydrogens is 200 g/mol. The molecule has 0 unspecified atom stereocenters. The first-order valence-electron chi connectivity index (χ1n) is 4.60. The Hall–Kier alpha value is -1.59. The molecule has 6 nitrogen and oxygen atoms in total. The Morgan fingerprint density at radius 3 is 2.27 bits per heavy atom. The maximum absolute atomic E-state index is 11.1. The first-order valence-corrected chi connectivity index (χ1v) is 4.60. The Kier molecular flexibility index (Phi) is 6.08. The van der Waals surface area contributed by atoms with Crippen LogP contribution in [0.5, 0.6) is 0 Å². The highest BCUT2D eigenvalue weighted by Gasteiger charge is 2.14. The molecule has 2 amide bonds. The number of hydrogen-bond donors (Lipinski definition) is 2. The SMILES string of the molecule is COC(=O)C(=O)NCC(=O)NCC(C)C. The molecule has 6 heteroatoms. The molecule has 2 N–H and O–H groups in total. The van der Waals surface area contributed by atoms with Crippen LogP contribution in [0, 0.1) is 5.92 Å². The molecule has 0 radical (unpaired) electrons. The topological polar surface area (TPSA) is 84.5 Å². The standard InChI is InChI=1S/C9H16N2O4/c1-6(2)4-10-7(12)5-11-8(13)9(14)15-3/h6H,4-5H2,1-3H3,(H,10,12)(H,11,13). The molecule has 86 valence electrons. The second kappa shape index (κ2) is 6.80. The highest BCUT2D eigenvalue weighted by Crippen LogP contribution is 1.86. The number of rotatable bonds is 4. The van der Waals surface area contributed by atoms with E-state index in [1.807, 2.05) is 13.8 Å². The van der Waals surface area contributed by atoms with Crippen LogP contribution in [0.15, 0.2) is 0 Å². The predicted octanol–water partition coefficient (Wildman–Crippen LogP) is -0.952. The molecule has 0 aromatic rings. The van der Waals surface area contributed by atoms with Crippen molar-refractivity contribution in [1.82, 2.24) is 10.6 Å². The zero-order chi connectivity index (χ0) is 11.8. The van der Waals surface area contributed by atoms with E-state index < -0.39 is 11.9 Å². The number of nitrogens with one attached hydrogen (secondary N) is 2. The molecule has 0 aromatic carbocycles. The van der Waals surface area contributed by atoms with Gasteiger partial charge >= 0.3 is 11.9 Å². The van der Waals surface area contributed by atoms with Crippen LogP contribution in [0.25, 0.3) is 0 Å². The maximum Gasteiger partial charge on any atom is 0.396 e. The predicted molar refractivity (Wildman–Crippen MR) is 52.9 cm³/mol. The Bertz CT molecular complexity index is 250. The minimum Gasteiger partial charge on any atom is -0.462 e. The summed E-state index contributed by atoms with van der Waals surface area (Å²) in [5.41, 5.74) is 0. The van der Waals surface area contributed by atoms with Gasteiger partial charge < -0.3 is 15.4 Å². The Morgan fingerprint density at radius 2 is 1.80 bits per heavy atom.